The molecule has 0 saturated carbocycles. The second kappa shape index (κ2) is 10.9. The van der Waals surface area contributed by atoms with Gasteiger partial charge in [-0.2, -0.15) is 8.78 Å². The number of carbonyl (C=O) groups is 2. The van der Waals surface area contributed by atoms with Gasteiger partial charge in [-0.15, -0.1) is 10.2 Å². The molecule has 32 heavy (non-hydrogen) atoms. The van der Waals surface area contributed by atoms with E-state index in [0.29, 0.717) is 16.3 Å². The van der Waals surface area contributed by atoms with Crippen LogP contribution in [0.15, 0.2) is 58.2 Å². The highest BCUT2D eigenvalue weighted by Gasteiger charge is 2.17. The van der Waals surface area contributed by atoms with Crippen LogP contribution in [0, 0.1) is 0 Å². The quantitative estimate of drug-likeness (QED) is 0.457. The van der Waals surface area contributed by atoms with E-state index in [-0.39, 0.29) is 35.1 Å². The summed E-state index contributed by atoms with van der Waals surface area (Å²) in [4.78, 5) is 25.7. The number of para-hydroxylation sites is 1. The largest absolute Gasteiger partial charge is 0.435 e. The SMILES string of the molecule is CN(CC(=O)Nc1ccccc1Cl)C(=O)CSc1nnc(-c2ccc(OC(F)F)cc2)o1. The van der Waals surface area contributed by atoms with Crippen LogP contribution in [0.4, 0.5) is 14.5 Å². The van der Waals surface area contributed by atoms with Gasteiger partial charge in [0.2, 0.25) is 17.7 Å². The van der Waals surface area contributed by atoms with Gasteiger partial charge in [0, 0.05) is 12.6 Å². The van der Waals surface area contributed by atoms with Gasteiger partial charge in [0.25, 0.3) is 5.22 Å². The summed E-state index contributed by atoms with van der Waals surface area (Å²) in [6.07, 6.45) is 0. The molecule has 168 valence electrons. The third kappa shape index (κ3) is 6.66. The van der Waals surface area contributed by atoms with Crippen LogP contribution >= 0.6 is 23.4 Å². The molecule has 0 bridgehead atoms. The molecule has 8 nitrogen and oxygen atoms in total. The first-order chi connectivity index (χ1) is 15.3. The maximum atomic E-state index is 12.3. The number of alkyl halides is 2. The summed E-state index contributed by atoms with van der Waals surface area (Å²) < 4.78 is 34.2. The molecule has 0 spiro atoms. The van der Waals surface area contributed by atoms with Crippen LogP contribution in [0.5, 0.6) is 5.75 Å². The minimum atomic E-state index is -2.91. The van der Waals surface area contributed by atoms with Crippen molar-refractivity contribution in [3.63, 3.8) is 0 Å². The van der Waals surface area contributed by atoms with E-state index in [4.69, 9.17) is 16.0 Å². The van der Waals surface area contributed by atoms with Crippen LogP contribution in [0.1, 0.15) is 0 Å². The summed E-state index contributed by atoms with van der Waals surface area (Å²) in [6.45, 7) is -3.07. The topological polar surface area (TPSA) is 97.6 Å². The molecule has 0 radical (unpaired) electrons. The summed E-state index contributed by atoms with van der Waals surface area (Å²) >= 11 is 7.01. The number of halogens is 3. The van der Waals surface area contributed by atoms with Crippen molar-refractivity contribution in [1.29, 1.82) is 0 Å². The molecule has 0 aliphatic heterocycles. The standard InChI is InChI=1S/C20H17ClF2N4O4S/c1-27(10-16(28)24-15-5-3-2-4-14(15)21)17(29)11-32-20-26-25-18(31-20)12-6-8-13(9-7-12)30-19(22)23/h2-9,19H,10-11H2,1H3,(H,24,28). The average Bonchev–Trinajstić information content (AvgIpc) is 3.22. The number of aromatic nitrogens is 2. The van der Waals surface area contributed by atoms with Crippen LogP contribution in [0.3, 0.4) is 0 Å². The minimum absolute atomic E-state index is 0.00469. The van der Waals surface area contributed by atoms with E-state index in [9.17, 15) is 18.4 Å². The van der Waals surface area contributed by atoms with Crippen molar-refractivity contribution >= 4 is 40.9 Å². The molecule has 2 amide bonds. The van der Waals surface area contributed by atoms with Crippen molar-refractivity contribution < 1.29 is 27.5 Å². The number of benzene rings is 2. The Hall–Kier alpha value is -3.18. The lowest BCUT2D eigenvalue weighted by Crippen LogP contribution is -2.36. The van der Waals surface area contributed by atoms with Crippen LogP contribution in [-0.2, 0) is 9.59 Å². The number of likely N-dealkylation sites (N-methyl/N-ethyl adjacent to an activating group) is 1. The smallest absolute Gasteiger partial charge is 0.387 e. The number of rotatable bonds is 9. The third-order valence-corrected chi connectivity index (χ3v) is 5.14. The van der Waals surface area contributed by atoms with Crippen LogP contribution in [-0.4, -0.2) is 52.9 Å². The van der Waals surface area contributed by atoms with Crippen molar-refractivity contribution in [2.45, 2.75) is 11.8 Å². The number of amides is 2. The first-order valence-corrected chi connectivity index (χ1v) is 10.5. The van der Waals surface area contributed by atoms with E-state index in [1.165, 1.54) is 36.2 Å². The lowest BCUT2D eigenvalue weighted by molar-refractivity contribution is -0.131. The molecule has 1 aromatic heterocycles. The molecule has 0 aliphatic rings. The van der Waals surface area contributed by atoms with Crippen molar-refractivity contribution in [1.82, 2.24) is 15.1 Å². The predicted octanol–water partition coefficient (Wildman–Crippen LogP) is 4.18. The normalized spacial score (nSPS) is 10.8. The Bertz CT molecular complexity index is 1080. The van der Waals surface area contributed by atoms with Gasteiger partial charge in [-0.25, -0.2) is 0 Å². The zero-order valence-corrected chi connectivity index (χ0v) is 18.2. The monoisotopic (exact) mass is 482 g/mol. The third-order valence-electron chi connectivity index (χ3n) is 4.01. The molecular weight excluding hydrogens is 466 g/mol. The van der Waals surface area contributed by atoms with E-state index in [1.807, 2.05) is 0 Å². The Morgan fingerprint density at radius 1 is 1.19 bits per heavy atom. The summed E-state index contributed by atoms with van der Waals surface area (Å²) in [5, 5.41) is 10.9. The number of ether oxygens (including phenoxy) is 1. The van der Waals surface area contributed by atoms with Gasteiger partial charge in [0.05, 0.1) is 23.0 Å². The lowest BCUT2D eigenvalue weighted by Gasteiger charge is -2.16. The first kappa shape index (κ1) is 23.5. The van der Waals surface area contributed by atoms with Gasteiger partial charge in [-0.3, -0.25) is 9.59 Å². The predicted molar refractivity (Wildman–Crippen MR) is 115 cm³/mol. The Morgan fingerprint density at radius 2 is 1.91 bits per heavy atom. The van der Waals surface area contributed by atoms with E-state index in [2.05, 4.69) is 20.3 Å². The molecule has 1 N–H and O–H groups in total. The number of nitrogens with zero attached hydrogens (tertiary/aromatic N) is 3. The summed E-state index contributed by atoms with van der Waals surface area (Å²) in [6, 6.07) is 12.5. The zero-order chi connectivity index (χ0) is 23.1. The molecule has 1 heterocycles. The maximum Gasteiger partial charge on any atom is 0.387 e. The molecule has 0 unspecified atom stereocenters. The van der Waals surface area contributed by atoms with Gasteiger partial charge >= 0.3 is 6.61 Å². The highest BCUT2D eigenvalue weighted by Crippen LogP contribution is 2.25. The number of nitrogens with one attached hydrogen (secondary N) is 1. The fourth-order valence-electron chi connectivity index (χ4n) is 2.45. The van der Waals surface area contributed by atoms with Crippen molar-refractivity contribution in [2.75, 3.05) is 24.7 Å². The van der Waals surface area contributed by atoms with Gasteiger partial charge in [0.1, 0.15) is 5.75 Å². The van der Waals surface area contributed by atoms with Crippen molar-refractivity contribution in [3.8, 4) is 17.2 Å². The van der Waals surface area contributed by atoms with Gasteiger partial charge < -0.3 is 19.4 Å². The average molecular weight is 483 g/mol. The molecule has 0 aliphatic carbocycles. The summed E-state index contributed by atoms with van der Waals surface area (Å²) in [7, 11) is 1.50. The van der Waals surface area contributed by atoms with E-state index >= 15 is 0 Å². The minimum Gasteiger partial charge on any atom is -0.435 e. The molecule has 2 aromatic carbocycles. The highest BCUT2D eigenvalue weighted by atomic mass is 35.5. The Morgan fingerprint density at radius 3 is 2.59 bits per heavy atom. The zero-order valence-electron chi connectivity index (χ0n) is 16.6. The number of anilines is 1. The van der Waals surface area contributed by atoms with Crippen LogP contribution in [0.2, 0.25) is 5.02 Å². The number of thioether (sulfide) groups is 1. The van der Waals surface area contributed by atoms with E-state index in [0.717, 1.165) is 11.8 Å². The summed E-state index contributed by atoms with van der Waals surface area (Å²) in [5.74, 6) is -0.574. The lowest BCUT2D eigenvalue weighted by atomic mass is 10.2. The molecule has 3 aromatic rings. The van der Waals surface area contributed by atoms with Crippen LogP contribution < -0.4 is 10.1 Å². The molecule has 3 rings (SSSR count). The van der Waals surface area contributed by atoms with Gasteiger partial charge in [0.15, 0.2) is 0 Å². The fraction of sp³-hybridized carbons (Fsp3) is 0.200. The second-order valence-electron chi connectivity index (χ2n) is 6.34. The highest BCUT2D eigenvalue weighted by molar-refractivity contribution is 7.99. The number of carbonyl (C=O) groups excluding carboxylic acids is 2. The molecule has 12 heteroatoms. The number of hydrogen-bond donors (Lipinski definition) is 1. The maximum absolute atomic E-state index is 12.3. The van der Waals surface area contributed by atoms with Crippen LogP contribution in [0.25, 0.3) is 11.5 Å². The molecule has 0 saturated heterocycles. The summed E-state index contributed by atoms with van der Waals surface area (Å²) in [5.41, 5.74) is 0.965. The fourth-order valence-corrected chi connectivity index (χ4v) is 3.34. The Labute approximate surface area is 190 Å². The van der Waals surface area contributed by atoms with E-state index < -0.39 is 12.5 Å². The van der Waals surface area contributed by atoms with Gasteiger partial charge in [-0.05, 0) is 36.4 Å². The van der Waals surface area contributed by atoms with E-state index in [1.54, 1.807) is 24.3 Å². The van der Waals surface area contributed by atoms with Crippen molar-refractivity contribution in [3.05, 3.63) is 53.6 Å². The Balaban J connectivity index is 1.49. The molecule has 0 fully saturated rings. The Kier molecular flexibility index (Phi) is 8.01. The molecular formula is C20H17ClF2N4O4S. The van der Waals surface area contributed by atoms with Gasteiger partial charge in [-0.1, -0.05) is 35.5 Å². The van der Waals surface area contributed by atoms with Crippen molar-refractivity contribution in [2.24, 2.45) is 0 Å². The number of hydrogen-bond acceptors (Lipinski definition) is 7. The first-order valence-electron chi connectivity index (χ1n) is 9.11. The molecule has 0 atom stereocenters. The second-order valence-corrected chi connectivity index (χ2v) is 7.68.